The summed E-state index contributed by atoms with van der Waals surface area (Å²) in [6.07, 6.45) is 1.31. The minimum Gasteiger partial charge on any atom is -0.506 e. The summed E-state index contributed by atoms with van der Waals surface area (Å²) in [5.74, 6) is 0.161. The Balaban J connectivity index is 1.98. The number of carbonyl (C=O) groups excluding carboxylic acids is 1. The predicted octanol–water partition coefficient (Wildman–Crippen LogP) is 4.27. The number of rotatable bonds is 5. The van der Waals surface area contributed by atoms with Crippen molar-refractivity contribution in [3.05, 3.63) is 86.5 Å². The Morgan fingerprint density at radius 2 is 2.06 bits per heavy atom. The number of aromatic hydroxyl groups is 1. The van der Waals surface area contributed by atoms with Crippen molar-refractivity contribution in [3.63, 3.8) is 0 Å². The molecule has 0 unspecified atom stereocenters. The second-order valence-electron chi connectivity index (χ2n) is 8.14. The Morgan fingerprint density at radius 3 is 2.74 bits per heavy atom. The molecular weight excluding hydrogens is 647 g/mol. The molecule has 1 atom stereocenters. The molecule has 1 N–H and O–H groups in total. The summed E-state index contributed by atoms with van der Waals surface area (Å²) < 4.78 is 14.2. The normalized spacial score (nSPS) is 15.7. The van der Waals surface area contributed by atoms with Gasteiger partial charge in [0.25, 0.3) is 5.56 Å². The third-order valence-electron chi connectivity index (χ3n) is 5.34. The Morgan fingerprint density at radius 1 is 1.31 bits per heavy atom. The maximum atomic E-state index is 13.7. The van der Waals surface area contributed by atoms with Gasteiger partial charge in [0.05, 0.1) is 38.6 Å². The van der Waals surface area contributed by atoms with Crippen molar-refractivity contribution in [2.45, 2.75) is 32.9 Å². The number of aromatic nitrogens is 1. The van der Waals surface area contributed by atoms with E-state index in [4.69, 9.17) is 9.47 Å². The molecule has 2 aromatic carbocycles. The molecular formula is C25H22BrIN2O5S. The van der Waals surface area contributed by atoms with Gasteiger partial charge in [-0.15, -0.1) is 0 Å². The van der Waals surface area contributed by atoms with Crippen LogP contribution >= 0.6 is 49.9 Å². The maximum Gasteiger partial charge on any atom is 0.338 e. The van der Waals surface area contributed by atoms with Crippen molar-refractivity contribution in [2.75, 3.05) is 7.11 Å². The highest BCUT2D eigenvalue weighted by Gasteiger charge is 2.34. The van der Waals surface area contributed by atoms with Crippen LogP contribution in [0.3, 0.4) is 0 Å². The zero-order valence-corrected chi connectivity index (χ0v) is 23.9. The molecule has 0 saturated heterocycles. The summed E-state index contributed by atoms with van der Waals surface area (Å²) in [4.78, 5) is 31.9. The fourth-order valence-corrected chi connectivity index (χ4v) is 6.41. The summed E-state index contributed by atoms with van der Waals surface area (Å²) in [5.41, 5.74) is 1.66. The van der Waals surface area contributed by atoms with Crippen LogP contribution in [0.1, 0.15) is 37.9 Å². The SMILES string of the molecule is COc1cccc([C@@H]2C(C(=O)OC(C)C)=C(C)N=c3s/c(=C\c4cc(Br)cc(I)c4O)c(=O)n32)c1. The highest BCUT2D eigenvalue weighted by molar-refractivity contribution is 14.1. The lowest BCUT2D eigenvalue weighted by Gasteiger charge is -2.25. The van der Waals surface area contributed by atoms with Crippen molar-refractivity contribution < 1.29 is 19.4 Å². The molecule has 0 saturated carbocycles. The van der Waals surface area contributed by atoms with Gasteiger partial charge in [-0.05, 0) is 79.3 Å². The van der Waals surface area contributed by atoms with Crippen LogP contribution in [-0.4, -0.2) is 28.9 Å². The van der Waals surface area contributed by atoms with Gasteiger partial charge in [-0.25, -0.2) is 9.79 Å². The van der Waals surface area contributed by atoms with E-state index < -0.39 is 12.0 Å². The largest absolute Gasteiger partial charge is 0.506 e. The molecule has 1 aliphatic rings. The van der Waals surface area contributed by atoms with Gasteiger partial charge in [-0.3, -0.25) is 9.36 Å². The van der Waals surface area contributed by atoms with E-state index in [-0.39, 0.29) is 17.4 Å². The standard InChI is InChI=1S/C25H22BrIN2O5S/c1-12(2)34-24(32)20-13(3)28-25-29(21(20)14-6-5-7-17(9-14)33-4)23(31)19(35-25)10-15-8-16(26)11-18(27)22(15)30/h5-12,21,30H,1-4H3/b19-10-/t21-/m1/s1. The molecule has 3 aromatic rings. The fraction of sp³-hybridized carbons (Fsp3) is 0.240. The average Bonchev–Trinajstić information content (AvgIpc) is 3.10. The smallest absolute Gasteiger partial charge is 0.338 e. The quantitative estimate of drug-likeness (QED) is 0.324. The fourth-order valence-electron chi connectivity index (χ4n) is 3.82. The summed E-state index contributed by atoms with van der Waals surface area (Å²) >= 11 is 6.67. The van der Waals surface area contributed by atoms with Gasteiger partial charge in [0.2, 0.25) is 0 Å². The van der Waals surface area contributed by atoms with Gasteiger partial charge in [-0.1, -0.05) is 39.4 Å². The first-order valence-electron chi connectivity index (χ1n) is 10.7. The lowest BCUT2D eigenvalue weighted by atomic mass is 9.95. The highest BCUT2D eigenvalue weighted by atomic mass is 127. The first-order valence-corrected chi connectivity index (χ1v) is 13.3. The lowest BCUT2D eigenvalue weighted by molar-refractivity contribution is -0.143. The summed E-state index contributed by atoms with van der Waals surface area (Å²) in [6.45, 7) is 5.29. The number of halogens is 2. The lowest BCUT2D eigenvalue weighted by Crippen LogP contribution is -2.40. The monoisotopic (exact) mass is 668 g/mol. The molecule has 1 aliphatic heterocycles. The van der Waals surface area contributed by atoms with E-state index in [0.29, 0.717) is 41.1 Å². The predicted molar refractivity (Wildman–Crippen MR) is 147 cm³/mol. The van der Waals surface area contributed by atoms with Gasteiger partial charge in [-0.2, -0.15) is 0 Å². The number of hydrogen-bond donors (Lipinski definition) is 1. The number of allylic oxidation sites excluding steroid dienone is 1. The molecule has 1 aromatic heterocycles. The van der Waals surface area contributed by atoms with Crippen LogP contribution < -0.4 is 19.6 Å². The molecule has 182 valence electrons. The van der Waals surface area contributed by atoms with Crippen molar-refractivity contribution in [1.82, 2.24) is 4.57 Å². The van der Waals surface area contributed by atoms with Crippen LogP contribution in [-0.2, 0) is 9.53 Å². The van der Waals surface area contributed by atoms with Crippen LogP contribution in [0.4, 0.5) is 0 Å². The molecule has 2 heterocycles. The van der Waals surface area contributed by atoms with Crippen LogP contribution in [0, 0.1) is 3.57 Å². The van der Waals surface area contributed by atoms with Crippen molar-refractivity contribution in [1.29, 1.82) is 0 Å². The van der Waals surface area contributed by atoms with E-state index in [1.54, 1.807) is 58.2 Å². The van der Waals surface area contributed by atoms with Crippen molar-refractivity contribution in [3.8, 4) is 11.5 Å². The van der Waals surface area contributed by atoms with Crippen molar-refractivity contribution >= 4 is 61.9 Å². The van der Waals surface area contributed by atoms with Crippen LogP contribution in [0.25, 0.3) is 6.08 Å². The second-order valence-corrected chi connectivity index (χ2v) is 11.2. The van der Waals surface area contributed by atoms with Gasteiger partial charge in [0.15, 0.2) is 4.80 Å². The molecule has 4 rings (SSSR count). The number of nitrogens with zero attached hydrogens (tertiary/aromatic N) is 2. The molecule has 0 fully saturated rings. The minimum atomic E-state index is -0.744. The van der Waals surface area contributed by atoms with E-state index >= 15 is 0 Å². The number of methoxy groups -OCH3 is 1. The van der Waals surface area contributed by atoms with Gasteiger partial charge in [0, 0.05) is 10.0 Å². The number of esters is 1. The number of thiazole rings is 1. The second kappa shape index (κ2) is 10.3. The zero-order chi connectivity index (χ0) is 25.4. The molecule has 35 heavy (non-hydrogen) atoms. The Kier molecular flexibility index (Phi) is 7.53. The summed E-state index contributed by atoms with van der Waals surface area (Å²) in [6, 6.07) is 10.0. The molecule has 10 heteroatoms. The molecule has 0 amide bonds. The summed E-state index contributed by atoms with van der Waals surface area (Å²) in [7, 11) is 1.56. The number of fused-ring (bicyclic) bond motifs is 1. The van der Waals surface area contributed by atoms with E-state index in [0.717, 1.165) is 4.47 Å². The zero-order valence-electron chi connectivity index (χ0n) is 19.3. The first-order chi connectivity index (χ1) is 16.6. The summed E-state index contributed by atoms with van der Waals surface area (Å²) in [5, 5.41) is 10.5. The van der Waals surface area contributed by atoms with E-state index in [1.165, 1.54) is 15.9 Å². The molecule has 0 bridgehead atoms. The van der Waals surface area contributed by atoms with Gasteiger partial charge < -0.3 is 14.6 Å². The Hall–Kier alpha value is -2.44. The third kappa shape index (κ3) is 5.10. The molecule has 0 radical (unpaired) electrons. The third-order valence-corrected chi connectivity index (χ3v) is 7.60. The number of carbonyl (C=O) groups is 1. The first kappa shape index (κ1) is 25.6. The average molecular weight is 669 g/mol. The van der Waals surface area contributed by atoms with E-state index in [1.807, 2.05) is 34.7 Å². The van der Waals surface area contributed by atoms with Crippen LogP contribution in [0.15, 0.2) is 61.9 Å². The van der Waals surface area contributed by atoms with E-state index in [9.17, 15) is 14.7 Å². The Bertz CT molecular complexity index is 1540. The number of ether oxygens (including phenoxy) is 2. The van der Waals surface area contributed by atoms with Crippen LogP contribution in [0.5, 0.6) is 11.5 Å². The Labute approximate surface area is 227 Å². The van der Waals surface area contributed by atoms with Gasteiger partial charge in [0.1, 0.15) is 11.5 Å². The molecule has 7 nitrogen and oxygen atoms in total. The van der Waals surface area contributed by atoms with Crippen LogP contribution in [0.2, 0.25) is 0 Å². The molecule has 0 spiro atoms. The number of phenolic OH excluding ortho intramolecular Hbond substituents is 1. The van der Waals surface area contributed by atoms with Crippen molar-refractivity contribution in [2.24, 2.45) is 4.99 Å². The number of benzene rings is 2. The highest BCUT2D eigenvalue weighted by Crippen LogP contribution is 2.33. The number of phenols is 1. The molecule has 0 aliphatic carbocycles. The van der Waals surface area contributed by atoms with E-state index in [2.05, 4.69) is 20.9 Å². The topological polar surface area (TPSA) is 90.1 Å². The minimum absolute atomic E-state index is 0.0846. The maximum absolute atomic E-state index is 13.7. The van der Waals surface area contributed by atoms with Gasteiger partial charge >= 0.3 is 5.97 Å². The number of hydrogen-bond acceptors (Lipinski definition) is 7.